The second-order valence-electron chi connectivity index (χ2n) is 9.44. The van der Waals surface area contributed by atoms with Crippen molar-refractivity contribution >= 4 is 17.6 Å². The predicted molar refractivity (Wildman–Crippen MR) is 128 cm³/mol. The van der Waals surface area contributed by atoms with Crippen molar-refractivity contribution in [2.75, 3.05) is 4.90 Å². The fraction of sp³-hybridized carbons (Fsp3) is 0.286. The van der Waals surface area contributed by atoms with E-state index in [1.807, 2.05) is 64.1 Å². The lowest BCUT2D eigenvalue weighted by Gasteiger charge is -2.23. The number of hydrogen-bond donors (Lipinski definition) is 0. The Morgan fingerprint density at radius 3 is 2.19 bits per heavy atom. The minimum absolute atomic E-state index is 0.00176. The van der Waals surface area contributed by atoms with Crippen LogP contribution in [0, 0.1) is 6.92 Å². The quantitative estimate of drug-likeness (QED) is 0.461. The van der Waals surface area contributed by atoms with Gasteiger partial charge < -0.3 is 9.64 Å². The highest BCUT2D eigenvalue weighted by atomic mass is 16.6. The monoisotopic (exact) mass is 427 g/mol. The highest BCUT2D eigenvalue weighted by molar-refractivity contribution is 6.11. The first-order valence-corrected chi connectivity index (χ1v) is 11.0. The Labute approximate surface area is 189 Å². The summed E-state index contributed by atoms with van der Waals surface area (Å²) < 4.78 is 5.50. The standard InChI is InChI=1S/C28H29NO3/c1-18-9-11-21(12-10-18)23-7-6-8-24-25(23)17-29(26(24)30)22-15-13-20(14-16-22)19(2)27(31)32-28(3,4)5/h6-16,19H,17H2,1-5H3. The third-order valence-corrected chi connectivity index (χ3v) is 5.80. The molecule has 1 amide bonds. The molecule has 1 unspecified atom stereocenters. The lowest BCUT2D eigenvalue weighted by Crippen LogP contribution is -2.27. The Hall–Kier alpha value is -3.40. The summed E-state index contributed by atoms with van der Waals surface area (Å²) in [5, 5.41) is 0. The molecule has 0 aliphatic carbocycles. The van der Waals surface area contributed by atoms with Crippen molar-refractivity contribution < 1.29 is 14.3 Å². The molecule has 0 fully saturated rings. The van der Waals surface area contributed by atoms with Crippen molar-refractivity contribution in [1.82, 2.24) is 0 Å². The lowest BCUT2D eigenvalue weighted by molar-refractivity contribution is -0.156. The molecule has 1 aliphatic rings. The fourth-order valence-electron chi connectivity index (χ4n) is 4.01. The Balaban J connectivity index is 1.57. The number of aryl methyl sites for hydroxylation is 1. The van der Waals surface area contributed by atoms with Crippen molar-refractivity contribution in [2.45, 2.75) is 52.7 Å². The van der Waals surface area contributed by atoms with Crippen molar-refractivity contribution in [1.29, 1.82) is 0 Å². The van der Waals surface area contributed by atoms with Gasteiger partial charge in [-0.1, -0.05) is 54.1 Å². The van der Waals surface area contributed by atoms with E-state index in [9.17, 15) is 9.59 Å². The molecule has 0 bridgehead atoms. The predicted octanol–water partition coefficient (Wildman–Crippen LogP) is 6.27. The van der Waals surface area contributed by atoms with E-state index < -0.39 is 5.60 Å². The van der Waals surface area contributed by atoms with Gasteiger partial charge in [-0.05, 0) is 75.1 Å². The second-order valence-corrected chi connectivity index (χ2v) is 9.44. The molecule has 4 heteroatoms. The first-order valence-electron chi connectivity index (χ1n) is 11.0. The minimum Gasteiger partial charge on any atom is -0.460 e. The maximum absolute atomic E-state index is 13.2. The summed E-state index contributed by atoms with van der Waals surface area (Å²) in [6.07, 6.45) is 0. The van der Waals surface area contributed by atoms with E-state index in [1.165, 1.54) is 5.56 Å². The number of carbonyl (C=O) groups excluding carboxylic acids is 2. The highest BCUT2D eigenvalue weighted by Gasteiger charge is 2.31. The number of carbonyl (C=O) groups is 2. The van der Waals surface area contributed by atoms with Crippen molar-refractivity contribution in [3.05, 3.63) is 89.0 Å². The van der Waals surface area contributed by atoms with Crippen LogP contribution in [0.5, 0.6) is 0 Å². The molecule has 1 atom stereocenters. The average molecular weight is 428 g/mol. The van der Waals surface area contributed by atoms with E-state index in [-0.39, 0.29) is 17.8 Å². The van der Waals surface area contributed by atoms with Crippen LogP contribution in [-0.2, 0) is 16.1 Å². The molecule has 1 aliphatic heterocycles. The van der Waals surface area contributed by atoms with E-state index in [0.29, 0.717) is 6.54 Å². The third kappa shape index (κ3) is 4.31. The first-order chi connectivity index (χ1) is 15.1. The van der Waals surface area contributed by atoms with E-state index in [1.54, 1.807) is 4.90 Å². The molecule has 4 rings (SSSR count). The molecule has 4 nitrogen and oxygen atoms in total. The maximum atomic E-state index is 13.2. The summed E-state index contributed by atoms with van der Waals surface area (Å²) in [7, 11) is 0. The Bertz CT molecular complexity index is 1150. The third-order valence-electron chi connectivity index (χ3n) is 5.80. The van der Waals surface area contributed by atoms with Gasteiger partial charge >= 0.3 is 5.97 Å². The van der Waals surface area contributed by atoms with Crippen LogP contribution in [0.25, 0.3) is 11.1 Å². The molecular weight excluding hydrogens is 398 g/mol. The van der Waals surface area contributed by atoms with Crippen LogP contribution in [-0.4, -0.2) is 17.5 Å². The molecule has 32 heavy (non-hydrogen) atoms. The summed E-state index contributed by atoms with van der Waals surface area (Å²) in [5.74, 6) is -0.623. The molecule has 3 aromatic carbocycles. The smallest absolute Gasteiger partial charge is 0.313 e. The summed E-state index contributed by atoms with van der Waals surface area (Å²) in [4.78, 5) is 27.4. The Morgan fingerprint density at radius 1 is 0.938 bits per heavy atom. The van der Waals surface area contributed by atoms with E-state index in [0.717, 1.165) is 33.5 Å². The summed E-state index contributed by atoms with van der Waals surface area (Å²) in [6, 6.07) is 21.9. The number of anilines is 1. The van der Waals surface area contributed by atoms with E-state index in [2.05, 4.69) is 37.3 Å². The van der Waals surface area contributed by atoms with E-state index in [4.69, 9.17) is 4.74 Å². The maximum Gasteiger partial charge on any atom is 0.313 e. The number of nitrogens with zero attached hydrogens (tertiary/aromatic N) is 1. The van der Waals surface area contributed by atoms with Gasteiger partial charge in [-0.3, -0.25) is 9.59 Å². The van der Waals surface area contributed by atoms with Crippen molar-refractivity contribution in [2.24, 2.45) is 0 Å². The molecular formula is C28H29NO3. The molecule has 0 spiro atoms. The number of amides is 1. The van der Waals surface area contributed by atoms with Crippen LogP contribution in [0.3, 0.4) is 0 Å². The zero-order valence-corrected chi connectivity index (χ0v) is 19.3. The number of rotatable bonds is 4. The van der Waals surface area contributed by atoms with Gasteiger partial charge in [0.1, 0.15) is 5.60 Å². The van der Waals surface area contributed by atoms with Gasteiger partial charge in [0.05, 0.1) is 12.5 Å². The Kier molecular flexibility index (Phi) is 5.64. The average Bonchev–Trinajstić information content (AvgIpc) is 3.09. The fourth-order valence-corrected chi connectivity index (χ4v) is 4.01. The molecule has 3 aromatic rings. The van der Waals surface area contributed by atoms with Gasteiger partial charge in [0, 0.05) is 11.3 Å². The summed E-state index contributed by atoms with van der Waals surface area (Å²) in [5.41, 5.74) is 6.38. The number of ether oxygens (including phenoxy) is 1. The van der Waals surface area contributed by atoms with Crippen molar-refractivity contribution in [3.8, 4) is 11.1 Å². The van der Waals surface area contributed by atoms with Crippen LogP contribution in [0.1, 0.15) is 60.7 Å². The summed E-state index contributed by atoms with van der Waals surface area (Å²) in [6.45, 7) is 10.0. The molecule has 0 N–H and O–H groups in total. The number of hydrogen-bond acceptors (Lipinski definition) is 3. The van der Waals surface area contributed by atoms with Crippen LogP contribution in [0.2, 0.25) is 0 Å². The number of fused-ring (bicyclic) bond motifs is 1. The number of benzene rings is 3. The molecule has 0 aromatic heterocycles. The SMILES string of the molecule is Cc1ccc(-c2cccc3c2CN(c2ccc(C(C)C(=O)OC(C)(C)C)cc2)C3=O)cc1. The van der Waals surface area contributed by atoms with Gasteiger partial charge in [0.2, 0.25) is 0 Å². The lowest BCUT2D eigenvalue weighted by atomic mass is 9.96. The molecule has 0 saturated carbocycles. The zero-order valence-electron chi connectivity index (χ0n) is 19.3. The van der Waals surface area contributed by atoms with Gasteiger partial charge in [0.25, 0.3) is 5.91 Å². The topological polar surface area (TPSA) is 46.6 Å². The normalized spacial score (nSPS) is 14.3. The van der Waals surface area contributed by atoms with Gasteiger partial charge in [0.15, 0.2) is 0 Å². The van der Waals surface area contributed by atoms with Gasteiger partial charge in [-0.15, -0.1) is 0 Å². The number of esters is 1. The Morgan fingerprint density at radius 2 is 1.56 bits per heavy atom. The largest absolute Gasteiger partial charge is 0.460 e. The van der Waals surface area contributed by atoms with Crippen LogP contribution >= 0.6 is 0 Å². The van der Waals surface area contributed by atoms with Crippen LogP contribution in [0.4, 0.5) is 5.69 Å². The molecule has 164 valence electrons. The van der Waals surface area contributed by atoms with Crippen LogP contribution < -0.4 is 4.90 Å². The summed E-state index contributed by atoms with van der Waals surface area (Å²) >= 11 is 0. The molecule has 1 heterocycles. The molecule has 0 radical (unpaired) electrons. The first kappa shape index (κ1) is 21.8. The molecule has 0 saturated heterocycles. The van der Waals surface area contributed by atoms with Gasteiger partial charge in [-0.25, -0.2) is 0 Å². The van der Waals surface area contributed by atoms with E-state index >= 15 is 0 Å². The van der Waals surface area contributed by atoms with Crippen LogP contribution in [0.15, 0.2) is 66.7 Å². The zero-order chi connectivity index (χ0) is 23.0. The van der Waals surface area contributed by atoms with Crippen molar-refractivity contribution in [3.63, 3.8) is 0 Å². The minimum atomic E-state index is -0.520. The van der Waals surface area contributed by atoms with Gasteiger partial charge in [-0.2, -0.15) is 0 Å². The highest BCUT2D eigenvalue weighted by Crippen LogP contribution is 2.35. The second kappa shape index (κ2) is 8.27.